The summed E-state index contributed by atoms with van der Waals surface area (Å²) in [5.74, 6) is 0.595. The van der Waals surface area contributed by atoms with Gasteiger partial charge in [-0.1, -0.05) is 69.2 Å². The molecule has 0 aromatic heterocycles. The van der Waals surface area contributed by atoms with Gasteiger partial charge in [0.05, 0.1) is 5.92 Å². The summed E-state index contributed by atoms with van der Waals surface area (Å²) in [5, 5.41) is 0. The normalized spacial score (nSPS) is 21.7. The Morgan fingerprint density at radius 2 is 1.60 bits per heavy atom. The van der Waals surface area contributed by atoms with Gasteiger partial charge in [0.2, 0.25) is 0 Å². The quantitative estimate of drug-likeness (QED) is 0.612. The van der Waals surface area contributed by atoms with Crippen LogP contribution in [0.4, 0.5) is 0 Å². The molecule has 0 radical (unpaired) electrons. The van der Waals surface area contributed by atoms with Crippen molar-refractivity contribution < 1.29 is 4.79 Å². The molecular weight excluding hydrogens is 244 g/mol. The summed E-state index contributed by atoms with van der Waals surface area (Å²) < 4.78 is 0. The van der Waals surface area contributed by atoms with Crippen LogP contribution in [0, 0.1) is 12.8 Å². The summed E-state index contributed by atoms with van der Waals surface area (Å²) in [6.45, 7) is 12.1. The smallest absolute Gasteiger partial charge is 0.170 e. The summed E-state index contributed by atoms with van der Waals surface area (Å²) in [6.07, 6.45) is 6.32. The van der Waals surface area contributed by atoms with Crippen molar-refractivity contribution in [3.05, 3.63) is 58.7 Å². The number of hydrogen-bond acceptors (Lipinski definition) is 1. The number of fused-ring (bicyclic) bond motifs is 3. The zero-order chi connectivity index (χ0) is 15.3. The number of rotatable bonds is 0. The Labute approximate surface area is 123 Å². The average molecular weight is 270 g/mol. The topological polar surface area (TPSA) is 17.1 Å². The second-order valence-corrected chi connectivity index (χ2v) is 4.78. The zero-order valence-corrected chi connectivity index (χ0v) is 13.5. The molecule has 1 aromatic carbocycles. The van der Waals surface area contributed by atoms with Gasteiger partial charge in [-0.25, -0.2) is 0 Å². The van der Waals surface area contributed by atoms with Gasteiger partial charge in [0.25, 0.3) is 0 Å². The first-order valence-corrected chi connectivity index (χ1v) is 7.68. The van der Waals surface area contributed by atoms with E-state index in [1.165, 1.54) is 11.1 Å². The van der Waals surface area contributed by atoms with Crippen molar-refractivity contribution >= 4 is 5.78 Å². The standard InChI is InChI=1S/C15H14O.2C2H6/c1-9-4-6-12-13(7-9)11-5-3-10(2)8-14(11)15(12)16;2*1-2/h3-8,12-13H,1-2H3;2*1-2H3. The van der Waals surface area contributed by atoms with Crippen LogP contribution < -0.4 is 0 Å². The molecule has 2 atom stereocenters. The average Bonchev–Trinajstić information content (AvgIpc) is 2.76. The third-order valence-electron chi connectivity index (χ3n) is 3.53. The van der Waals surface area contributed by atoms with Gasteiger partial charge >= 0.3 is 0 Å². The van der Waals surface area contributed by atoms with E-state index < -0.39 is 0 Å². The number of allylic oxidation sites excluding steroid dienone is 4. The molecule has 3 rings (SSSR count). The van der Waals surface area contributed by atoms with Gasteiger partial charge < -0.3 is 0 Å². The molecule has 0 aliphatic heterocycles. The van der Waals surface area contributed by atoms with Gasteiger partial charge in [-0.2, -0.15) is 0 Å². The molecule has 0 spiro atoms. The minimum atomic E-state index is 0.0421. The molecule has 2 aliphatic carbocycles. The summed E-state index contributed by atoms with van der Waals surface area (Å²) in [4.78, 5) is 12.2. The number of carbonyl (C=O) groups excluding carboxylic acids is 1. The van der Waals surface area contributed by atoms with Crippen molar-refractivity contribution in [2.24, 2.45) is 5.92 Å². The van der Waals surface area contributed by atoms with Gasteiger partial charge in [-0.05, 0) is 25.5 Å². The molecule has 0 bridgehead atoms. The highest BCUT2D eigenvalue weighted by molar-refractivity contribution is 6.05. The van der Waals surface area contributed by atoms with Crippen molar-refractivity contribution in [1.82, 2.24) is 0 Å². The molecule has 1 heteroatoms. The molecule has 0 fully saturated rings. The predicted molar refractivity (Wildman–Crippen MR) is 87.3 cm³/mol. The minimum absolute atomic E-state index is 0.0421. The number of carbonyl (C=O) groups is 1. The fraction of sp³-hybridized carbons (Fsp3) is 0.421. The molecule has 20 heavy (non-hydrogen) atoms. The van der Waals surface area contributed by atoms with Crippen LogP contribution in [-0.4, -0.2) is 5.78 Å². The Hall–Kier alpha value is -1.63. The fourth-order valence-electron chi connectivity index (χ4n) is 2.71. The van der Waals surface area contributed by atoms with Gasteiger partial charge in [0.15, 0.2) is 5.78 Å². The molecule has 2 aliphatic rings. The predicted octanol–water partition coefficient (Wildman–Crippen LogP) is 5.46. The van der Waals surface area contributed by atoms with Crippen molar-refractivity contribution in [3.63, 3.8) is 0 Å². The zero-order valence-electron chi connectivity index (χ0n) is 13.5. The maximum absolute atomic E-state index is 12.2. The van der Waals surface area contributed by atoms with Crippen molar-refractivity contribution in [3.8, 4) is 0 Å². The first-order chi connectivity index (χ1) is 9.66. The van der Waals surface area contributed by atoms with E-state index in [-0.39, 0.29) is 17.6 Å². The molecule has 108 valence electrons. The highest BCUT2D eigenvalue weighted by Crippen LogP contribution is 2.42. The second kappa shape index (κ2) is 7.23. The van der Waals surface area contributed by atoms with E-state index in [9.17, 15) is 4.79 Å². The summed E-state index contributed by atoms with van der Waals surface area (Å²) >= 11 is 0. The summed E-state index contributed by atoms with van der Waals surface area (Å²) in [6, 6.07) is 6.22. The SMILES string of the molecule is CC.CC.CC1=CC2c3ccc(C)cc3C(=O)C2C=C1. The Kier molecular flexibility index (Phi) is 5.94. The first-order valence-electron chi connectivity index (χ1n) is 7.68. The molecule has 0 amide bonds. The third-order valence-corrected chi connectivity index (χ3v) is 3.53. The Morgan fingerprint density at radius 1 is 0.950 bits per heavy atom. The third kappa shape index (κ3) is 2.92. The van der Waals surface area contributed by atoms with Crippen LogP contribution >= 0.6 is 0 Å². The van der Waals surface area contributed by atoms with Crippen LogP contribution in [0.3, 0.4) is 0 Å². The lowest BCUT2D eigenvalue weighted by Gasteiger charge is -2.16. The van der Waals surface area contributed by atoms with Crippen molar-refractivity contribution in [2.75, 3.05) is 0 Å². The van der Waals surface area contributed by atoms with Crippen molar-refractivity contribution in [2.45, 2.75) is 47.5 Å². The van der Waals surface area contributed by atoms with Gasteiger partial charge in [-0.3, -0.25) is 4.79 Å². The van der Waals surface area contributed by atoms with Crippen LogP contribution in [0.2, 0.25) is 0 Å². The lowest BCUT2D eigenvalue weighted by Crippen LogP contribution is -2.12. The lowest BCUT2D eigenvalue weighted by molar-refractivity contribution is 0.0954. The lowest BCUT2D eigenvalue weighted by atomic mass is 9.86. The molecule has 0 heterocycles. The highest BCUT2D eigenvalue weighted by atomic mass is 16.1. The Morgan fingerprint density at radius 3 is 2.25 bits per heavy atom. The first kappa shape index (κ1) is 16.4. The van der Waals surface area contributed by atoms with Gasteiger partial charge in [0.1, 0.15) is 0 Å². The summed E-state index contributed by atoms with van der Waals surface area (Å²) in [7, 11) is 0. The molecular formula is C19H26O. The van der Waals surface area contributed by atoms with E-state index in [1.807, 2.05) is 40.7 Å². The van der Waals surface area contributed by atoms with E-state index in [1.54, 1.807) is 0 Å². The summed E-state index contributed by atoms with van der Waals surface area (Å²) in [5.41, 5.74) is 4.54. The van der Waals surface area contributed by atoms with E-state index in [0.717, 1.165) is 11.1 Å². The monoisotopic (exact) mass is 270 g/mol. The van der Waals surface area contributed by atoms with E-state index in [0.29, 0.717) is 0 Å². The molecule has 0 saturated carbocycles. The number of hydrogen-bond donors (Lipinski definition) is 0. The van der Waals surface area contributed by atoms with E-state index in [2.05, 4.69) is 37.3 Å². The van der Waals surface area contributed by atoms with Crippen LogP contribution in [0.5, 0.6) is 0 Å². The molecule has 2 unspecified atom stereocenters. The van der Waals surface area contributed by atoms with Crippen LogP contribution in [0.1, 0.15) is 62.0 Å². The van der Waals surface area contributed by atoms with Crippen LogP contribution in [-0.2, 0) is 0 Å². The van der Waals surface area contributed by atoms with Gasteiger partial charge in [0, 0.05) is 11.5 Å². The minimum Gasteiger partial charge on any atom is -0.293 e. The number of ketones is 1. The second-order valence-electron chi connectivity index (χ2n) is 4.78. The van der Waals surface area contributed by atoms with E-state index in [4.69, 9.17) is 0 Å². The molecule has 0 N–H and O–H groups in total. The van der Waals surface area contributed by atoms with Crippen molar-refractivity contribution in [1.29, 1.82) is 0 Å². The Balaban J connectivity index is 0.000000461. The fourth-order valence-corrected chi connectivity index (χ4v) is 2.71. The number of aryl methyl sites for hydroxylation is 1. The number of Topliss-reactive ketones (excluding diaryl/α,β-unsaturated/α-hetero) is 1. The Bertz CT molecular complexity index is 535. The number of benzene rings is 1. The maximum Gasteiger partial charge on any atom is 0.170 e. The van der Waals surface area contributed by atoms with Crippen LogP contribution in [0.15, 0.2) is 42.0 Å². The highest BCUT2D eigenvalue weighted by Gasteiger charge is 2.37. The van der Waals surface area contributed by atoms with Crippen LogP contribution in [0.25, 0.3) is 0 Å². The maximum atomic E-state index is 12.2. The molecule has 0 saturated heterocycles. The van der Waals surface area contributed by atoms with Gasteiger partial charge in [-0.15, -0.1) is 0 Å². The largest absolute Gasteiger partial charge is 0.293 e. The van der Waals surface area contributed by atoms with E-state index >= 15 is 0 Å². The molecule has 1 nitrogen and oxygen atoms in total. The molecule has 1 aromatic rings.